The molecule has 1 aromatic heterocycles. The Balaban J connectivity index is 2.08. The van der Waals surface area contributed by atoms with Crippen molar-refractivity contribution < 1.29 is 9.26 Å². The van der Waals surface area contributed by atoms with Crippen LogP contribution in [0.5, 0.6) is 0 Å². The van der Waals surface area contributed by atoms with E-state index in [0.717, 1.165) is 32.1 Å². The Morgan fingerprint density at radius 2 is 2.00 bits per heavy atom. The zero-order valence-corrected chi connectivity index (χ0v) is 12.9. The zero-order valence-electron chi connectivity index (χ0n) is 12.9. The molecule has 0 bridgehead atoms. The van der Waals surface area contributed by atoms with E-state index in [-0.39, 0.29) is 6.04 Å². The minimum absolute atomic E-state index is 0.267. The van der Waals surface area contributed by atoms with Crippen LogP contribution in [0.2, 0.25) is 0 Å². The molecule has 1 saturated carbocycles. The van der Waals surface area contributed by atoms with E-state index in [1.807, 2.05) is 0 Å². The van der Waals surface area contributed by atoms with Crippen molar-refractivity contribution in [3.05, 3.63) is 11.7 Å². The van der Waals surface area contributed by atoms with Crippen LogP contribution in [0.15, 0.2) is 4.52 Å². The number of methoxy groups -OCH3 is 1. The first-order chi connectivity index (χ1) is 9.65. The average Bonchev–Trinajstić information content (AvgIpc) is 2.93. The lowest BCUT2D eigenvalue weighted by Gasteiger charge is -2.27. The van der Waals surface area contributed by atoms with Gasteiger partial charge in [0.05, 0.1) is 0 Å². The van der Waals surface area contributed by atoms with Gasteiger partial charge < -0.3 is 15.0 Å². The van der Waals surface area contributed by atoms with Crippen LogP contribution >= 0.6 is 0 Å². The van der Waals surface area contributed by atoms with Crippen LogP contribution in [0.25, 0.3) is 0 Å². The van der Waals surface area contributed by atoms with Crippen LogP contribution in [-0.4, -0.2) is 23.3 Å². The topological polar surface area (TPSA) is 74.2 Å². The quantitative estimate of drug-likeness (QED) is 0.868. The van der Waals surface area contributed by atoms with Gasteiger partial charge in [0.15, 0.2) is 0 Å². The summed E-state index contributed by atoms with van der Waals surface area (Å²) < 4.78 is 11.1. The Morgan fingerprint density at radius 3 is 2.60 bits per heavy atom. The summed E-state index contributed by atoms with van der Waals surface area (Å²) in [6.45, 7) is 4.17. The summed E-state index contributed by atoms with van der Waals surface area (Å²) in [4.78, 5) is 4.57. The first-order valence-electron chi connectivity index (χ1n) is 7.79. The molecule has 2 N–H and O–H groups in total. The molecule has 1 aromatic rings. The van der Waals surface area contributed by atoms with Gasteiger partial charge in [0.1, 0.15) is 5.60 Å². The molecular formula is C15H27N3O2. The molecule has 5 heteroatoms. The van der Waals surface area contributed by atoms with E-state index in [4.69, 9.17) is 15.0 Å². The number of nitrogens with two attached hydrogens (primary N) is 1. The molecular weight excluding hydrogens is 254 g/mol. The summed E-state index contributed by atoms with van der Waals surface area (Å²) in [5, 5.41) is 4.14. The highest BCUT2D eigenvalue weighted by molar-refractivity contribution is 5.01. The molecule has 0 saturated heterocycles. The summed E-state index contributed by atoms with van der Waals surface area (Å²) in [6.07, 6.45) is 7.23. The second-order valence-corrected chi connectivity index (χ2v) is 5.83. The zero-order chi connectivity index (χ0) is 14.6. The number of ether oxygens (including phenoxy) is 1. The first-order valence-corrected chi connectivity index (χ1v) is 7.79. The number of hydrogen-bond donors (Lipinski definition) is 1. The normalized spacial score (nSPS) is 24.0. The van der Waals surface area contributed by atoms with Gasteiger partial charge in [-0.3, -0.25) is 0 Å². The lowest BCUT2D eigenvalue weighted by atomic mass is 9.83. The molecule has 0 amide bonds. The summed E-state index contributed by atoms with van der Waals surface area (Å²) in [7, 11) is 1.71. The van der Waals surface area contributed by atoms with Gasteiger partial charge in [0.2, 0.25) is 11.7 Å². The Morgan fingerprint density at radius 1 is 1.30 bits per heavy atom. The summed E-state index contributed by atoms with van der Waals surface area (Å²) >= 11 is 0. The number of hydrogen-bond acceptors (Lipinski definition) is 5. The minimum atomic E-state index is -0.420. The predicted molar refractivity (Wildman–Crippen MR) is 77.2 cm³/mol. The smallest absolute Gasteiger partial charge is 0.227 e. The van der Waals surface area contributed by atoms with Gasteiger partial charge in [0, 0.05) is 19.6 Å². The van der Waals surface area contributed by atoms with Crippen LogP contribution < -0.4 is 5.73 Å². The molecule has 1 aliphatic rings. The van der Waals surface area contributed by atoms with Crippen molar-refractivity contribution in [3.63, 3.8) is 0 Å². The van der Waals surface area contributed by atoms with E-state index in [1.54, 1.807) is 7.11 Å². The first kappa shape index (κ1) is 15.4. The molecule has 0 spiro atoms. The van der Waals surface area contributed by atoms with Crippen molar-refractivity contribution in [2.24, 2.45) is 11.7 Å². The molecule has 0 radical (unpaired) electrons. The van der Waals surface area contributed by atoms with Crippen molar-refractivity contribution in [1.29, 1.82) is 0 Å². The summed E-state index contributed by atoms with van der Waals surface area (Å²) in [5.74, 6) is 1.84. The molecule has 1 aliphatic carbocycles. The van der Waals surface area contributed by atoms with E-state index >= 15 is 0 Å². The summed E-state index contributed by atoms with van der Waals surface area (Å²) in [5.41, 5.74) is 5.76. The number of rotatable bonds is 6. The Labute approximate surface area is 121 Å². The SMILES string of the molecule is CCC(CC)(OC)c1noc(CC2CCCCC2N)n1. The van der Waals surface area contributed by atoms with Crippen molar-refractivity contribution >= 4 is 0 Å². The van der Waals surface area contributed by atoms with Crippen molar-refractivity contribution in [3.8, 4) is 0 Å². The maximum Gasteiger partial charge on any atom is 0.227 e. The van der Waals surface area contributed by atoms with E-state index in [1.165, 1.54) is 12.8 Å². The molecule has 1 fully saturated rings. The third-order valence-electron chi connectivity index (χ3n) is 4.81. The second-order valence-electron chi connectivity index (χ2n) is 5.83. The van der Waals surface area contributed by atoms with Crippen LogP contribution in [-0.2, 0) is 16.8 Å². The van der Waals surface area contributed by atoms with Gasteiger partial charge in [-0.2, -0.15) is 4.98 Å². The van der Waals surface area contributed by atoms with Gasteiger partial charge in [-0.1, -0.05) is 31.8 Å². The Kier molecular flexibility index (Phi) is 5.16. The highest BCUT2D eigenvalue weighted by Gasteiger charge is 2.34. The fourth-order valence-electron chi connectivity index (χ4n) is 3.18. The second kappa shape index (κ2) is 6.68. The molecule has 2 rings (SSSR count). The molecule has 1 heterocycles. The molecule has 0 aliphatic heterocycles. The average molecular weight is 281 g/mol. The highest BCUT2D eigenvalue weighted by atomic mass is 16.5. The number of aromatic nitrogens is 2. The van der Waals surface area contributed by atoms with Crippen molar-refractivity contribution in [1.82, 2.24) is 10.1 Å². The largest absolute Gasteiger partial charge is 0.370 e. The fourth-order valence-corrected chi connectivity index (χ4v) is 3.18. The molecule has 0 aromatic carbocycles. The van der Waals surface area contributed by atoms with Gasteiger partial charge in [-0.05, 0) is 31.6 Å². The third kappa shape index (κ3) is 3.04. The monoisotopic (exact) mass is 281 g/mol. The fraction of sp³-hybridized carbons (Fsp3) is 0.867. The highest BCUT2D eigenvalue weighted by Crippen LogP contribution is 2.31. The lowest BCUT2D eigenvalue weighted by molar-refractivity contribution is -0.0306. The third-order valence-corrected chi connectivity index (χ3v) is 4.81. The lowest BCUT2D eigenvalue weighted by Crippen LogP contribution is -2.34. The maximum absolute atomic E-state index is 6.18. The molecule has 114 valence electrons. The van der Waals surface area contributed by atoms with Crippen LogP contribution in [0.4, 0.5) is 0 Å². The van der Waals surface area contributed by atoms with Gasteiger partial charge >= 0.3 is 0 Å². The predicted octanol–water partition coefficient (Wildman–Crippen LogP) is 2.79. The van der Waals surface area contributed by atoms with E-state index in [2.05, 4.69) is 24.0 Å². The van der Waals surface area contributed by atoms with Crippen molar-refractivity contribution in [2.75, 3.05) is 7.11 Å². The maximum atomic E-state index is 6.18. The number of nitrogens with zero attached hydrogens (tertiary/aromatic N) is 2. The molecule has 20 heavy (non-hydrogen) atoms. The van der Waals surface area contributed by atoms with Crippen molar-refractivity contribution in [2.45, 2.75) is 70.4 Å². The molecule has 2 atom stereocenters. The Hall–Kier alpha value is -0.940. The molecule has 5 nitrogen and oxygen atoms in total. The van der Waals surface area contributed by atoms with E-state index in [0.29, 0.717) is 17.6 Å². The van der Waals surface area contributed by atoms with Gasteiger partial charge in [-0.25, -0.2) is 0 Å². The van der Waals surface area contributed by atoms with Crippen LogP contribution in [0.1, 0.15) is 64.1 Å². The van der Waals surface area contributed by atoms with Crippen LogP contribution in [0.3, 0.4) is 0 Å². The Bertz CT molecular complexity index is 407. The van der Waals surface area contributed by atoms with E-state index < -0.39 is 5.60 Å². The standard InChI is InChI=1S/C15H27N3O2/c1-4-15(5-2,19-3)14-17-13(20-18-14)10-11-8-6-7-9-12(11)16/h11-12H,4-10,16H2,1-3H3. The molecule has 2 unspecified atom stereocenters. The van der Waals surface area contributed by atoms with E-state index in [9.17, 15) is 0 Å². The summed E-state index contributed by atoms with van der Waals surface area (Å²) in [6, 6.07) is 0.267. The van der Waals surface area contributed by atoms with Crippen LogP contribution in [0, 0.1) is 5.92 Å². The van der Waals surface area contributed by atoms with Gasteiger partial charge in [-0.15, -0.1) is 0 Å². The minimum Gasteiger partial charge on any atom is -0.370 e. The van der Waals surface area contributed by atoms with Gasteiger partial charge in [0.25, 0.3) is 0 Å².